The molecule has 2 aromatic rings. The number of aryl methyl sites for hydroxylation is 2. The lowest BCUT2D eigenvalue weighted by atomic mass is 9.96. The first-order valence-corrected chi connectivity index (χ1v) is 12.0. The van der Waals surface area contributed by atoms with E-state index in [4.69, 9.17) is 20.8 Å². The van der Waals surface area contributed by atoms with Crippen molar-refractivity contribution in [1.82, 2.24) is 5.32 Å². The van der Waals surface area contributed by atoms with Gasteiger partial charge in [0.05, 0.1) is 30.2 Å². The van der Waals surface area contributed by atoms with Gasteiger partial charge in [-0.25, -0.2) is 0 Å². The summed E-state index contributed by atoms with van der Waals surface area (Å²) < 4.78 is 5.51. The number of ketones is 1. The Bertz CT molecular complexity index is 900. The number of benzene rings is 2. The third-order valence-electron chi connectivity index (χ3n) is 4.69. The number of aliphatic hydroxyl groups excluding tert-OH is 1. The molecular weight excluding hydrogens is 510 g/mol. The molecule has 0 bridgehead atoms. The summed E-state index contributed by atoms with van der Waals surface area (Å²) in [5.74, 6) is -1.05. The summed E-state index contributed by atoms with van der Waals surface area (Å²) in [5.41, 5.74) is 8.62. The van der Waals surface area contributed by atoms with Gasteiger partial charge in [-0.2, -0.15) is 5.26 Å². The molecule has 196 valence electrons. The van der Waals surface area contributed by atoms with Crippen LogP contribution in [0.2, 0.25) is 0 Å². The van der Waals surface area contributed by atoms with Crippen LogP contribution in [0.3, 0.4) is 0 Å². The molecule has 0 amide bonds. The Labute approximate surface area is 219 Å². The first-order valence-electron chi connectivity index (χ1n) is 11.1. The van der Waals surface area contributed by atoms with E-state index in [9.17, 15) is 9.90 Å². The Morgan fingerprint density at radius 3 is 2.23 bits per heavy atom. The Morgan fingerprint density at radius 1 is 1.29 bits per heavy atom. The molecule has 1 fully saturated rings. The second-order valence-electron chi connectivity index (χ2n) is 7.68. The highest BCUT2D eigenvalue weighted by molar-refractivity contribution is 9.10. The number of aliphatic hydroxyl groups is 2. The van der Waals surface area contributed by atoms with Crippen LogP contribution in [0.5, 0.6) is 0 Å². The fraction of sp³-hybridized carbons (Fsp3) is 0.481. The highest BCUT2D eigenvalue weighted by Crippen LogP contribution is 2.29. The van der Waals surface area contributed by atoms with Crippen LogP contribution in [-0.4, -0.2) is 53.2 Å². The Morgan fingerprint density at radius 2 is 1.80 bits per heavy atom. The summed E-state index contributed by atoms with van der Waals surface area (Å²) in [6.45, 7) is 11.0. The standard InChI is InChI=1S/C12H17NO2.C10H11BrO.C2H7NO.C2H3N.CH4/c1-9-4-3-5-11(8-9)12(14)10(2)13-6-7-15-12;1-7-4-3-5-9(6-7)10(12)8(2)11;3-1-2-4;1-2-3;/h3-5,8,10,13-14H,6-7H2,1-2H3;3-6,8H,1-2H3;4H,1-3H2;1H3;1H4. The molecule has 1 aliphatic heterocycles. The van der Waals surface area contributed by atoms with E-state index in [1.807, 2.05) is 76.2 Å². The van der Waals surface area contributed by atoms with Gasteiger partial charge in [0.25, 0.3) is 0 Å². The molecule has 5 N–H and O–H groups in total. The summed E-state index contributed by atoms with van der Waals surface area (Å²) in [4.78, 5) is 11.4. The molecule has 35 heavy (non-hydrogen) atoms. The number of carbonyl (C=O) groups excluding carboxylic acids is 1. The quantitative estimate of drug-likeness (QED) is 0.330. The Balaban J connectivity index is 0. The van der Waals surface area contributed by atoms with Crippen molar-refractivity contribution < 1.29 is 19.7 Å². The molecule has 1 saturated heterocycles. The molecule has 3 unspecified atom stereocenters. The van der Waals surface area contributed by atoms with Crippen molar-refractivity contribution in [3.05, 3.63) is 70.8 Å². The molecule has 0 aliphatic carbocycles. The largest absolute Gasteiger partial charge is 0.395 e. The molecular formula is C27H42BrN3O4. The summed E-state index contributed by atoms with van der Waals surface area (Å²) in [6.07, 6.45) is 0. The van der Waals surface area contributed by atoms with Crippen LogP contribution in [0.15, 0.2) is 48.5 Å². The summed E-state index contributed by atoms with van der Waals surface area (Å²) in [7, 11) is 0. The summed E-state index contributed by atoms with van der Waals surface area (Å²) >= 11 is 3.25. The maximum Gasteiger partial charge on any atom is 0.208 e. The topological polar surface area (TPSA) is 129 Å². The molecule has 0 radical (unpaired) electrons. The van der Waals surface area contributed by atoms with E-state index < -0.39 is 5.79 Å². The number of nitrogens with zero attached hydrogens (tertiary/aromatic N) is 1. The fourth-order valence-corrected chi connectivity index (χ4v) is 3.24. The van der Waals surface area contributed by atoms with Gasteiger partial charge in [-0.3, -0.25) is 4.79 Å². The van der Waals surface area contributed by atoms with Gasteiger partial charge < -0.3 is 26.0 Å². The maximum absolute atomic E-state index is 11.4. The molecule has 0 saturated carbocycles. The normalized spacial score (nSPS) is 18.9. The third kappa shape index (κ3) is 13.0. The van der Waals surface area contributed by atoms with Crippen molar-refractivity contribution in [3.8, 4) is 6.07 Å². The maximum atomic E-state index is 11.4. The molecule has 3 rings (SSSR count). The SMILES string of the molecule is C.CC#N.Cc1cccc(C(=O)C(C)Br)c1.Cc1cccc(C2(O)OCCNC2C)c1.NCCO. The minimum absolute atomic E-state index is 0. The predicted molar refractivity (Wildman–Crippen MR) is 147 cm³/mol. The number of nitrogens with two attached hydrogens (primary N) is 1. The number of ether oxygens (including phenoxy) is 1. The van der Waals surface area contributed by atoms with E-state index in [-0.39, 0.29) is 30.7 Å². The Kier molecular flexibility index (Phi) is 19.1. The lowest BCUT2D eigenvalue weighted by Crippen LogP contribution is -2.54. The smallest absolute Gasteiger partial charge is 0.208 e. The number of carbonyl (C=O) groups is 1. The lowest BCUT2D eigenvalue weighted by Gasteiger charge is -2.38. The number of nitriles is 1. The van der Waals surface area contributed by atoms with Gasteiger partial charge in [0.2, 0.25) is 5.79 Å². The third-order valence-corrected chi connectivity index (χ3v) is 5.10. The van der Waals surface area contributed by atoms with Crippen molar-refractivity contribution in [3.63, 3.8) is 0 Å². The number of rotatable bonds is 4. The van der Waals surface area contributed by atoms with Crippen molar-refractivity contribution >= 4 is 21.7 Å². The van der Waals surface area contributed by atoms with Gasteiger partial charge in [0, 0.05) is 31.1 Å². The van der Waals surface area contributed by atoms with Crippen molar-refractivity contribution in [2.75, 3.05) is 26.3 Å². The van der Waals surface area contributed by atoms with E-state index in [1.165, 1.54) is 6.92 Å². The van der Waals surface area contributed by atoms with E-state index >= 15 is 0 Å². The summed E-state index contributed by atoms with van der Waals surface area (Å²) in [5, 5.41) is 28.7. The van der Waals surface area contributed by atoms with Gasteiger partial charge in [-0.05, 0) is 33.8 Å². The molecule has 0 aromatic heterocycles. The van der Waals surface area contributed by atoms with E-state index in [0.717, 1.165) is 28.8 Å². The van der Waals surface area contributed by atoms with Crippen LogP contribution >= 0.6 is 15.9 Å². The van der Waals surface area contributed by atoms with Crippen LogP contribution in [0.1, 0.15) is 55.2 Å². The minimum Gasteiger partial charge on any atom is -0.395 e. The highest BCUT2D eigenvalue weighted by Gasteiger charge is 2.39. The van der Waals surface area contributed by atoms with E-state index in [1.54, 1.807) is 6.07 Å². The number of hydrogen-bond donors (Lipinski definition) is 4. The molecule has 7 nitrogen and oxygen atoms in total. The minimum atomic E-state index is -1.19. The van der Waals surface area contributed by atoms with Crippen LogP contribution in [0.25, 0.3) is 0 Å². The first kappa shape index (κ1) is 35.0. The molecule has 2 aromatic carbocycles. The van der Waals surface area contributed by atoms with Crippen LogP contribution in [0.4, 0.5) is 0 Å². The number of nitrogens with one attached hydrogen (secondary N) is 1. The van der Waals surface area contributed by atoms with Crippen LogP contribution in [0, 0.1) is 25.2 Å². The first-order chi connectivity index (χ1) is 16.1. The second kappa shape index (κ2) is 19.1. The van der Waals surface area contributed by atoms with Gasteiger partial charge >= 0.3 is 0 Å². The van der Waals surface area contributed by atoms with Crippen LogP contribution in [-0.2, 0) is 10.5 Å². The van der Waals surface area contributed by atoms with E-state index in [2.05, 4.69) is 21.2 Å². The molecule has 8 heteroatoms. The zero-order valence-corrected chi connectivity index (χ0v) is 22.3. The molecule has 1 heterocycles. The fourth-order valence-electron chi connectivity index (χ4n) is 2.97. The predicted octanol–water partition coefficient (Wildman–Crippen LogP) is 4.21. The molecule has 0 spiro atoms. The monoisotopic (exact) mass is 551 g/mol. The number of hydrogen-bond acceptors (Lipinski definition) is 7. The lowest BCUT2D eigenvalue weighted by molar-refractivity contribution is -0.245. The van der Waals surface area contributed by atoms with Gasteiger partial charge in [0.1, 0.15) is 0 Å². The van der Waals surface area contributed by atoms with Crippen molar-refractivity contribution in [1.29, 1.82) is 5.26 Å². The number of halogens is 1. The molecule has 3 atom stereocenters. The summed E-state index contributed by atoms with van der Waals surface area (Å²) in [6, 6.07) is 17.1. The van der Waals surface area contributed by atoms with Gasteiger partial charge in [-0.15, -0.1) is 0 Å². The number of Topliss-reactive ketones (excluding diaryl/α,β-unsaturated/α-hetero) is 1. The van der Waals surface area contributed by atoms with Crippen LogP contribution < -0.4 is 11.1 Å². The van der Waals surface area contributed by atoms with Gasteiger partial charge in [-0.1, -0.05) is 76.9 Å². The molecule has 1 aliphatic rings. The zero-order chi connectivity index (χ0) is 26.1. The zero-order valence-electron chi connectivity index (χ0n) is 20.7. The number of alkyl halides is 1. The average molecular weight is 553 g/mol. The van der Waals surface area contributed by atoms with E-state index in [0.29, 0.717) is 13.2 Å². The van der Waals surface area contributed by atoms with Crippen molar-refractivity contribution in [2.45, 2.75) is 58.7 Å². The van der Waals surface area contributed by atoms with Crippen molar-refractivity contribution in [2.24, 2.45) is 5.73 Å². The van der Waals surface area contributed by atoms with Gasteiger partial charge in [0.15, 0.2) is 5.78 Å². The Hall–Kier alpha value is -2.12. The highest BCUT2D eigenvalue weighted by atomic mass is 79.9. The average Bonchev–Trinajstić information content (AvgIpc) is 2.81. The number of morpholine rings is 1. The second-order valence-corrected chi connectivity index (χ2v) is 9.05.